The topological polar surface area (TPSA) is 82.0 Å². The second-order valence-electron chi connectivity index (χ2n) is 4.10. The number of hydrogen-bond acceptors (Lipinski definition) is 5. The second-order valence-corrected chi connectivity index (χ2v) is 4.10. The third-order valence-electron chi connectivity index (χ3n) is 2.80. The molecular formula is C12H12N6. The first-order valence-corrected chi connectivity index (χ1v) is 5.59. The lowest BCUT2D eigenvalue weighted by Gasteiger charge is -2.12. The van der Waals surface area contributed by atoms with E-state index in [2.05, 4.69) is 20.3 Å². The van der Waals surface area contributed by atoms with Crippen LogP contribution in [0.1, 0.15) is 22.9 Å². The zero-order valence-corrected chi connectivity index (χ0v) is 9.85. The van der Waals surface area contributed by atoms with E-state index >= 15 is 0 Å². The molecule has 6 nitrogen and oxygen atoms in total. The van der Waals surface area contributed by atoms with E-state index in [1.807, 2.05) is 25.1 Å². The largest absolute Gasteiger partial charge is 0.320 e. The van der Waals surface area contributed by atoms with Crippen LogP contribution in [0.15, 0.2) is 36.9 Å². The average Bonchev–Trinajstić information content (AvgIpc) is 2.86. The number of nitrogens with zero attached hydrogens (tertiary/aromatic N) is 5. The van der Waals surface area contributed by atoms with Gasteiger partial charge in [-0.05, 0) is 24.6 Å². The number of aryl methyl sites for hydroxylation is 1. The van der Waals surface area contributed by atoms with Gasteiger partial charge in [0.1, 0.15) is 6.33 Å². The summed E-state index contributed by atoms with van der Waals surface area (Å²) in [6, 6.07) is 5.46. The molecule has 3 aromatic heterocycles. The van der Waals surface area contributed by atoms with Crippen LogP contribution in [0.2, 0.25) is 0 Å². The van der Waals surface area contributed by atoms with Crippen LogP contribution >= 0.6 is 0 Å². The van der Waals surface area contributed by atoms with Crippen LogP contribution in [0.4, 0.5) is 0 Å². The molecule has 0 spiro atoms. The maximum Gasteiger partial charge on any atom is 0.182 e. The van der Waals surface area contributed by atoms with E-state index in [4.69, 9.17) is 5.73 Å². The highest BCUT2D eigenvalue weighted by Gasteiger charge is 2.15. The van der Waals surface area contributed by atoms with Gasteiger partial charge in [0.2, 0.25) is 0 Å². The summed E-state index contributed by atoms with van der Waals surface area (Å²) >= 11 is 0. The molecule has 3 aromatic rings. The second kappa shape index (κ2) is 4.15. The van der Waals surface area contributed by atoms with E-state index in [-0.39, 0.29) is 6.04 Å². The highest BCUT2D eigenvalue weighted by atomic mass is 15.3. The molecule has 6 heteroatoms. The number of hydrogen-bond donors (Lipinski definition) is 1. The van der Waals surface area contributed by atoms with Gasteiger partial charge in [-0.1, -0.05) is 6.07 Å². The highest BCUT2D eigenvalue weighted by Crippen LogP contribution is 2.21. The molecule has 0 aliphatic rings. The lowest BCUT2D eigenvalue weighted by molar-refractivity contribution is 0.821. The van der Waals surface area contributed by atoms with Crippen molar-refractivity contribution >= 4 is 5.65 Å². The maximum atomic E-state index is 6.26. The highest BCUT2D eigenvalue weighted by molar-refractivity contribution is 5.50. The maximum absolute atomic E-state index is 6.26. The van der Waals surface area contributed by atoms with Crippen LogP contribution < -0.4 is 5.73 Å². The lowest BCUT2D eigenvalue weighted by atomic mass is 10.0. The average molecular weight is 240 g/mol. The summed E-state index contributed by atoms with van der Waals surface area (Å²) in [4.78, 5) is 4.08. The third-order valence-corrected chi connectivity index (χ3v) is 2.80. The number of rotatable bonds is 2. The molecular weight excluding hydrogens is 228 g/mol. The van der Waals surface area contributed by atoms with Gasteiger partial charge >= 0.3 is 0 Å². The van der Waals surface area contributed by atoms with Crippen molar-refractivity contribution in [2.75, 3.05) is 0 Å². The van der Waals surface area contributed by atoms with Gasteiger partial charge < -0.3 is 5.73 Å². The van der Waals surface area contributed by atoms with E-state index in [0.717, 1.165) is 16.8 Å². The summed E-state index contributed by atoms with van der Waals surface area (Å²) in [6.07, 6.45) is 5.05. The summed E-state index contributed by atoms with van der Waals surface area (Å²) in [7, 11) is 0. The minimum absolute atomic E-state index is 0.285. The van der Waals surface area contributed by atoms with E-state index in [0.29, 0.717) is 5.65 Å². The van der Waals surface area contributed by atoms with Crippen LogP contribution in [0.25, 0.3) is 5.65 Å². The Bertz CT molecular complexity index is 675. The summed E-state index contributed by atoms with van der Waals surface area (Å²) in [5, 5.41) is 12.2. The molecule has 0 aliphatic heterocycles. The Balaban J connectivity index is 2.17. The molecule has 90 valence electrons. The first-order valence-electron chi connectivity index (χ1n) is 5.59. The zero-order chi connectivity index (χ0) is 12.5. The van der Waals surface area contributed by atoms with Gasteiger partial charge in [0.15, 0.2) is 5.65 Å². The fourth-order valence-electron chi connectivity index (χ4n) is 1.95. The first-order chi connectivity index (χ1) is 8.75. The molecule has 0 aliphatic carbocycles. The van der Waals surface area contributed by atoms with Gasteiger partial charge in [-0.2, -0.15) is 9.61 Å². The van der Waals surface area contributed by atoms with Crippen LogP contribution in [0.5, 0.6) is 0 Å². The summed E-state index contributed by atoms with van der Waals surface area (Å²) < 4.78 is 1.64. The Morgan fingerprint density at radius 3 is 3.06 bits per heavy atom. The molecule has 1 unspecified atom stereocenters. The van der Waals surface area contributed by atoms with Gasteiger partial charge in [-0.3, -0.25) is 4.98 Å². The fraction of sp³-hybridized carbons (Fsp3) is 0.167. The van der Waals surface area contributed by atoms with Crippen molar-refractivity contribution in [1.82, 2.24) is 24.8 Å². The third kappa shape index (κ3) is 1.72. The van der Waals surface area contributed by atoms with Crippen LogP contribution in [0, 0.1) is 6.92 Å². The molecule has 0 radical (unpaired) electrons. The van der Waals surface area contributed by atoms with Crippen molar-refractivity contribution < 1.29 is 0 Å². The van der Waals surface area contributed by atoms with Crippen molar-refractivity contribution in [2.24, 2.45) is 5.73 Å². The monoisotopic (exact) mass is 240 g/mol. The van der Waals surface area contributed by atoms with Crippen LogP contribution in [-0.2, 0) is 0 Å². The van der Waals surface area contributed by atoms with Gasteiger partial charge in [-0.15, -0.1) is 10.2 Å². The fourth-order valence-corrected chi connectivity index (χ4v) is 1.95. The van der Waals surface area contributed by atoms with E-state index < -0.39 is 0 Å². The first kappa shape index (κ1) is 10.8. The van der Waals surface area contributed by atoms with Crippen molar-refractivity contribution in [2.45, 2.75) is 13.0 Å². The van der Waals surface area contributed by atoms with Crippen LogP contribution in [0.3, 0.4) is 0 Å². The lowest BCUT2D eigenvalue weighted by Crippen LogP contribution is -2.14. The smallest absolute Gasteiger partial charge is 0.182 e. The van der Waals surface area contributed by atoms with E-state index in [1.54, 1.807) is 23.2 Å². The number of nitrogens with two attached hydrogens (primary N) is 1. The Morgan fingerprint density at radius 2 is 2.28 bits per heavy atom. The zero-order valence-electron chi connectivity index (χ0n) is 9.85. The van der Waals surface area contributed by atoms with E-state index in [1.165, 1.54) is 0 Å². The number of pyridine rings is 1. The van der Waals surface area contributed by atoms with Crippen molar-refractivity contribution in [3.63, 3.8) is 0 Å². The van der Waals surface area contributed by atoms with Gasteiger partial charge in [0.25, 0.3) is 0 Å². The predicted octanol–water partition coefficient (Wildman–Crippen LogP) is 0.876. The quantitative estimate of drug-likeness (QED) is 0.719. The summed E-state index contributed by atoms with van der Waals surface area (Å²) in [6.45, 7) is 1.92. The van der Waals surface area contributed by atoms with Crippen LogP contribution in [-0.4, -0.2) is 24.8 Å². The molecule has 0 amide bonds. The van der Waals surface area contributed by atoms with Crippen molar-refractivity contribution in [3.05, 3.63) is 53.7 Å². The predicted molar refractivity (Wildman–Crippen MR) is 65.8 cm³/mol. The van der Waals surface area contributed by atoms with Crippen molar-refractivity contribution in [3.8, 4) is 0 Å². The molecule has 0 saturated carbocycles. The Kier molecular flexibility index (Phi) is 2.49. The van der Waals surface area contributed by atoms with Gasteiger partial charge in [0, 0.05) is 18.0 Å². The normalized spacial score (nSPS) is 12.8. The number of aromatic nitrogens is 5. The molecule has 18 heavy (non-hydrogen) atoms. The van der Waals surface area contributed by atoms with Gasteiger partial charge in [-0.25, -0.2) is 0 Å². The molecule has 2 N–H and O–H groups in total. The molecule has 3 rings (SSSR count). The Hall–Kier alpha value is -2.34. The SMILES string of the molecule is Cc1cc(C(N)c2cccnc2)c2nncn2n1. The minimum Gasteiger partial charge on any atom is -0.320 e. The Labute approximate surface area is 103 Å². The standard InChI is InChI=1S/C12H12N6/c1-8-5-10(12-16-15-7-18(12)17-8)11(13)9-3-2-4-14-6-9/h2-7,11H,13H2,1H3. The Morgan fingerprint density at radius 1 is 1.39 bits per heavy atom. The number of fused-ring (bicyclic) bond motifs is 1. The summed E-state index contributed by atoms with van der Waals surface area (Å²) in [5.41, 5.74) is 9.65. The molecule has 3 heterocycles. The molecule has 1 atom stereocenters. The molecule has 0 bridgehead atoms. The molecule has 0 aromatic carbocycles. The summed E-state index contributed by atoms with van der Waals surface area (Å²) in [5.74, 6) is 0. The molecule has 0 fully saturated rings. The van der Waals surface area contributed by atoms with E-state index in [9.17, 15) is 0 Å². The molecule has 0 saturated heterocycles. The minimum atomic E-state index is -0.285. The van der Waals surface area contributed by atoms with Gasteiger partial charge in [0.05, 0.1) is 11.7 Å². The van der Waals surface area contributed by atoms with Crippen molar-refractivity contribution in [1.29, 1.82) is 0 Å².